The minimum atomic E-state index is 0.744. The lowest BCUT2D eigenvalue weighted by molar-refractivity contribution is -0.107. The number of hydrogen-bond acceptors (Lipinski definition) is 1. The lowest BCUT2D eigenvalue weighted by Gasteiger charge is -1.97. The van der Waals surface area contributed by atoms with Crippen LogP contribution in [0, 0.1) is 0 Å². The summed E-state index contributed by atoms with van der Waals surface area (Å²) >= 11 is 0. The highest BCUT2D eigenvalue weighted by atomic mass is 16.1. The molecular weight excluding hydrogens is 160 g/mol. The summed E-state index contributed by atoms with van der Waals surface area (Å²) in [6.45, 7) is 4.29. The van der Waals surface area contributed by atoms with Gasteiger partial charge < -0.3 is 4.79 Å². The zero-order valence-electron chi connectivity index (χ0n) is 9.01. The number of allylic oxidation sites excluding steroid dienone is 2. The smallest absolute Gasteiger partial charge is 0.119 e. The molecule has 76 valence electrons. The summed E-state index contributed by atoms with van der Waals surface area (Å²) in [6, 6.07) is 0. The number of carbonyl (C=O) groups excluding carboxylic acids is 1. The Morgan fingerprint density at radius 3 is 2.00 bits per heavy atom. The van der Waals surface area contributed by atoms with E-state index < -0.39 is 0 Å². The van der Waals surface area contributed by atoms with Gasteiger partial charge in [-0.3, -0.25) is 0 Å². The first-order valence-corrected chi connectivity index (χ1v) is 5.34. The van der Waals surface area contributed by atoms with Crippen LogP contribution in [0.1, 0.15) is 58.8 Å². The molecule has 0 aliphatic carbocycles. The van der Waals surface area contributed by atoms with Crippen LogP contribution in [0.15, 0.2) is 11.6 Å². The van der Waals surface area contributed by atoms with Gasteiger partial charge in [0.1, 0.15) is 6.29 Å². The molecule has 0 radical (unpaired) electrons. The second-order valence-electron chi connectivity index (χ2n) is 3.79. The van der Waals surface area contributed by atoms with E-state index >= 15 is 0 Å². The normalized spacial score (nSPS) is 9.69. The molecule has 0 aromatic heterocycles. The Morgan fingerprint density at radius 2 is 1.46 bits per heavy atom. The van der Waals surface area contributed by atoms with Crippen LogP contribution >= 0.6 is 0 Å². The maximum Gasteiger partial charge on any atom is 0.119 e. The molecule has 0 amide bonds. The number of unbranched alkanes of at least 4 members (excludes halogenated alkanes) is 6. The standard InChI is InChI=1S/C12H22O/c1-12(2)10-8-6-4-3-5-7-9-11-13/h10-11H,3-9H2,1-2H3. The summed E-state index contributed by atoms with van der Waals surface area (Å²) in [4.78, 5) is 10.0. The molecule has 0 unspecified atom stereocenters. The average Bonchev–Trinajstić information content (AvgIpc) is 2.09. The van der Waals surface area contributed by atoms with Crippen LogP contribution in [0.2, 0.25) is 0 Å². The van der Waals surface area contributed by atoms with Crippen molar-refractivity contribution in [2.45, 2.75) is 58.8 Å². The molecular formula is C12H22O. The summed E-state index contributed by atoms with van der Waals surface area (Å²) in [5, 5.41) is 0. The van der Waals surface area contributed by atoms with Crippen molar-refractivity contribution >= 4 is 6.29 Å². The van der Waals surface area contributed by atoms with Crippen LogP contribution in [0.3, 0.4) is 0 Å². The van der Waals surface area contributed by atoms with Crippen LogP contribution < -0.4 is 0 Å². The third-order valence-electron chi connectivity index (χ3n) is 2.08. The summed E-state index contributed by atoms with van der Waals surface area (Å²) in [7, 11) is 0. The molecule has 0 bridgehead atoms. The number of carbonyl (C=O) groups is 1. The molecule has 0 aromatic rings. The molecule has 0 fully saturated rings. The van der Waals surface area contributed by atoms with Crippen molar-refractivity contribution in [3.05, 3.63) is 11.6 Å². The van der Waals surface area contributed by atoms with E-state index in [0.717, 1.165) is 19.1 Å². The summed E-state index contributed by atoms with van der Waals surface area (Å²) in [5.74, 6) is 0. The van der Waals surface area contributed by atoms with Crippen molar-refractivity contribution < 1.29 is 4.79 Å². The second kappa shape index (κ2) is 9.50. The van der Waals surface area contributed by atoms with Crippen molar-refractivity contribution in [2.75, 3.05) is 0 Å². The van der Waals surface area contributed by atoms with Gasteiger partial charge in [0.2, 0.25) is 0 Å². The highest BCUT2D eigenvalue weighted by Crippen LogP contribution is 2.07. The molecule has 0 atom stereocenters. The Labute approximate surface area is 82.2 Å². The van der Waals surface area contributed by atoms with Gasteiger partial charge >= 0.3 is 0 Å². The first kappa shape index (κ1) is 12.4. The minimum Gasteiger partial charge on any atom is -0.303 e. The average molecular weight is 182 g/mol. The lowest BCUT2D eigenvalue weighted by atomic mass is 10.1. The van der Waals surface area contributed by atoms with Crippen LogP contribution in [-0.2, 0) is 4.79 Å². The molecule has 1 heteroatoms. The fourth-order valence-corrected chi connectivity index (χ4v) is 1.29. The monoisotopic (exact) mass is 182 g/mol. The van der Waals surface area contributed by atoms with Crippen molar-refractivity contribution in [2.24, 2.45) is 0 Å². The fraction of sp³-hybridized carbons (Fsp3) is 0.750. The van der Waals surface area contributed by atoms with E-state index in [0.29, 0.717) is 0 Å². The van der Waals surface area contributed by atoms with Gasteiger partial charge in [0.25, 0.3) is 0 Å². The molecule has 0 heterocycles. The zero-order valence-corrected chi connectivity index (χ0v) is 9.01. The highest BCUT2D eigenvalue weighted by Gasteiger charge is 1.89. The SMILES string of the molecule is CC(C)=CCCCCCCCC=O. The van der Waals surface area contributed by atoms with Crippen molar-refractivity contribution in [1.82, 2.24) is 0 Å². The molecule has 0 N–H and O–H groups in total. The van der Waals surface area contributed by atoms with Gasteiger partial charge in [0.15, 0.2) is 0 Å². The van der Waals surface area contributed by atoms with Crippen LogP contribution in [0.5, 0.6) is 0 Å². The number of rotatable bonds is 8. The Morgan fingerprint density at radius 1 is 0.923 bits per heavy atom. The Balaban J connectivity index is 2.99. The molecule has 0 aliphatic rings. The molecule has 0 saturated carbocycles. The van der Waals surface area contributed by atoms with E-state index in [9.17, 15) is 4.79 Å². The minimum absolute atomic E-state index is 0.744. The van der Waals surface area contributed by atoms with Crippen LogP contribution in [-0.4, -0.2) is 6.29 Å². The quantitative estimate of drug-likeness (QED) is 0.316. The predicted octanol–water partition coefficient (Wildman–Crippen LogP) is 3.88. The first-order valence-electron chi connectivity index (χ1n) is 5.34. The maximum absolute atomic E-state index is 10.0. The van der Waals surface area contributed by atoms with E-state index in [4.69, 9.17) is 0 Å². The summed E-state index contributed by atoms with van der Waals surface area (Å²) in [6.07, 6.45) is 11.5. The van der Waals surface area contributed by atoms with Crippen LogP contribution in [0.4, 0.5) is 0 Å². The van der Waals surface area contributed by atoms with E-state index in [-0.39, 0.29) is 0 Å². The Kier molecular flexibility index (Phi) is 9.07. The van der Waals surface area contributed by atoms with Gasteiger partial charge in [-0.05, 0) is 33.1 Å². The van der Waals surface area contributed by atoms with Crippen molar-refractivity contribution in [3.63, 3.8) is 0 Å². The Hall–Kier alpha value is -0.590. The molecule has 0 aromatic carbocycles. The summed E-state index contributed by atoms with van der Waals surface area (Å²) in [5.41, 5.74) is 1.42. The van der Waals surface area contributed by atoms with Gasteiger partial charge in [-0.25, -0.2) is 0 Å². The first-order chi connectivity index (χ1) is 6.27. The summed E-state index contributed by atoms with van der Waals surface area (Å²) < 4.78 is 0. The van der Waals surface area contributed by atoms with Gasteiger partial charge in [-0.1, -0.05) is 30.9 Å². The van der Waals surface area contributed by atoms with E-state index in [1.165, 1.54) is 37.7 Å². The van der Waals surface area contributed by atoms with Gasteiger partial charge in [-0.15, -0.1) is 0 Å². The highest BCUT2D eigenvalue weighted by molar-refractivity contribution is 5.48. The molecule has 0 saturated heterocycles. The predicted molar refractivity (Wildman–Crippen MR) is 57.8 cm³/mol. The Bertz CT molecular complexity index is 143. The third-order valence-corrected chi connectivity index (χ3v) is 2.08. The largest absolute Gasteiger partial charge is 0.303 e. The van der Waals surface area contributed by atoms with Gasteiger partial charge in [0, 0.05) is 6.42 Å². The van der Waals surface area contributed by atoms with Crippen LogP contribution in [0.25, 0.3) is 0 Å². The number of aldehydes is 1. The molecule has 0 spiro atoms. The van der Waals surface area contributed by atoms with Crippen molar-refractivity contribution in [3.8, 4) is 0 Å². The van der Waals surface area contributed by atoms with E-state index in [1.807, 2.05) is 0 Å². The van der Waals surface area contributed by atoms with Crippen molar-refractivity contribution in [1.29, 1.82) is 0 Å². The second-order valence-corrected chi connectivity index (χ2v) is 3.79. The number of hydrogen-bond donors (Lipinski definition) is 0. The fourth-order valence-electron chi connectivity index (χ4n) is 1.29. The van der Waals surface area contributed by atoms with E-state index in [1.54, 1.807) is 0 Å². The third kappa shape index (κ3) is 11.4. The topological polar surface area (TPSA) is 17.1 Å². The van der Waals surface area contributed by atoms with E-state index in [2.05, 4.69) is 19.9 Å². The molecule has 0 rings (SSSR count). The molecule has 13 heavy (non-hydrogen) atoms. The van der Waals surface area contributed by atoms with Gasteiger partial charge in [0.05, 0.1) is 0 Å². The molecule has 0 aliphatic heterocycles. The molecule has 1 nitrogen and oxygen atoms in total. The maximum atomic E-state index is 10.0. The lowest BCUT2D eigenvalue weighted by Crippen LogP contribution is -1.80. The zero-order chi connectivity index (χ0) is 9.94. The van der Waals surface area contributed by atoms with Gasteiger partial charge in [-0.2, -0.15) is 0 Å².